The van der Waals surface area contributed by atoms with Crippen LogP contribution in [-0.4, -0.2) is 14.8 Å². The first-order valence-corrected chi connectivity index (χ1v) is 12.2. The zero-order chi connectivity index (χ0) is 24.7. The van der Waals surface area contributed by atoms with Crippen LogP contribution in [0.3, 0.4) is 0 Å². The van der Waals surface area contributed by atoms with Crippen LogP contribution in [0.25, 0.3) is 28.5 Å². The number of hydrogen-bond donors (Lipinski definition) is 0. The third-order valence-corrected chi connectivity index (χ3v) is 6.21. The van der Waals surface area contributed by atoms with Gasteiger partial charge in [0.05, 0.1) is 0 Å². The van der Waals surface area contributed by atoms with Gasteiger partial charge in [-0.2, -0.15) is 0 Å². The van der Waals surface area contributed by atoms with Crippen LogP contribution in [-0.2, 0) is 6.42 Å². The van der Waals surface area contributed by atoms with Gasteiger partial charge < -0.3 is 0 Å². The summed E-state index contributed by atoms with van der Waals surface area (Å²) in [7, 11) is 0. The summed E-state index contributed by atoms with van der Waals surface area (Å²) in [5.41, 5.74) is 8.48. The molecule has 0 amide bonds. The van der Waals surface area contributed by atoms with Gasteiger partial charge in [-0.05, 0) is 67.0 Å². The molecule has 1 heterocycles. The Morgan fingerprint density at radius 3 is 2.03 bits per heavy atom. The number of unbranched alkanes of at least 4 members (excludes halogenated alkanes) is 1. The smallest absolute Gasteiger partial charge is 0.169 e. The van der Waals surface area contributed by atoms with Crippen LogP contribution in [0.1, 0.15) is 61.8 Å². The lowest BCUT2D eigenvalue weighted by atomic mass is 9.96. The van der Waals surface area contributed by atoms with E-state index in [-0.39, 0.29) is 0 Å². The molecule has 34 heavy (non-hydrogen) atoms. The highest BCUT2D eigenvalue weighted by Gasteiger charge is 2.22. The summed E-state index contributed by atoms with van der Waals surface area (Å²) in [6.45, 7) is 17.0. The van der Waals surface area contributed by atoms with Crippen LogP contribution in [0.5, 0.6) is 0 Å². The van der Waals surface area contributed by atoms with Crippen molar-refractivity contribution in [3.8, 4) is 28.5 Å². The second kappa shape index (κ2) is 11.6. The molecule has 0 aliphatic heterocycles. The van der Waals surface area contributed by atoms with Crippen molar-refractivity contribution in [2.24, 2.45) is 0 Å². The van der Waals surface area contributed by atoms with E-state index < -0.39 is 0 Å². The van der Waals surface area contributed by atoms with Crippen molar-refractivity contribution in [3.63, 3.8) is 0 Å². The molecule has 3 aromatic carbocycles. The second-order valence-electron chi connectivity index (χ2n) is 8.96. The predicted octanol–water partition coefficient (Wildman–Crippen LogP) is 8.49. The summed E-state index contributed by atoms with van der Waals surface area (Å²) in [5.74, 6) is 2.19. The van der Waals surface area contributed by atoms with E-state index in [9.17, 15) is 0 Å². The maximum absolute atomic E-state index is 4.75. The molecule has 0 fully saturated rings. The summed E-state index contributed by atoms with van der Waals surface area (Å²) < 4.78 is 2.24. The van der Waals surface area contributed by atoms with Crippen LogP contribution in [0.4, 0.5) is 0 Å². The van der Waals surface area contributed by atoms with E-state index in [2.05, 4.69) is 119 Å². The fourth-order valence-electron chi connectivity index (χ4n) is 4.43. The maximum atomic E-state index is 4.75. The maximum Gasteiger partial charge on any atom is 0.169 e. The number of aryl methyl sites for hydroxylation is 3. The highest BCUT2D eigenvalue weighted by molar-refractivity contribution is 5.72. The molecule has 4 aromatic rings. The fraction of sp³-hybridized carbons (Fsp3) is 0.290. The number of rotatable bonds is 7. The van der Waals surface area contributed by atoms with Crippen molar-refractivity contribution in [1.29, 1.82) is 0 Å². The molecule has 0 unspecified atom stereocenters. The molecule has 0 spiro atoms. The minimum Gasteiger partial charge on any atom is -0.275 e. The van der Waals surface area contributed by atoms with E-state index in [0.29, 0.717) is 5.92 Å². The zero-order valence-electron chi connectivity index (χ0n) is 21.3. The summed E-state index contributed by atoms with van der Waals surface area (Å²) in [4.78, 5) is 0. The Kier molecular flexibility index (Phi) is 8.59. The lowest BCUT2D eigenvalue weighted by Crippen LogP contribution is -2.04. The van der Waals surface area contributed by atoms with Crippen LogP contribution in [0.15, 0.2) is 79.9 Å². The monoisotopic (exact) mass is 451 g/mol. The quantitative estimate of drug-likeness (QED) is 0.264. The summed E-state index contributed by atoms with van der Waals surface area (Å²) in [6.07, 6.45) is 3.54. The van der Waals surface area contributed by atoms with Gasteiger partial charge in [-0.1, -0.05) is 81.8 Å². The topological polar surface area (TPSA) is 30.7 Å². The van der Waals surface area contributed by atoms with Gasteiger partial charge in [0.25, 0.3) is 0 Å². The van der Waals surface area contributed by atoms with Gasteiger partial charge in [0.15, 0.2) is 11.6 Å². The number of aromatic nitrogens is 3. The first-order chi connectivity index (χ1) is 16.5. The first-order valence-electron chi connectivity index (χ1n) is 12.2. The third kappa shape index (κ3) is 5.20. The molecular formula is C31H37N3. The molecule has 0 saturated heterocycles. The van der Waals surface area contributed by atoms with Gasteiger partial charge in [-0.25, -0.2) is 0 Å². The van der Waals surface area contributed by atoms with Gasteiger partial charge in [0, 0.05) is 16.8 Å². The molecule has 3 nitrogen and oxygen atoms in total. The van der Waals surface area contributed by atoms with Crippen molar-refractivity contribution >= 4 is 0 Å². The first kappa shape index (κ1) is 25.2. The number of hydrogen-bond acceptors (Lipinski definition) is 2. The molecule has 0 N–H and O–H groups in total. The minimum atomic E-state index is 0.399. The molecule has 3 heteroatoms. The lowest BCUT2D eigenvalue weighted by molar-refractivity contribution is 0.795. The van der Waals surface area contributed by atoms with Crippen LogP contribution >= 0.6 is 0 Å². The highest BCUT2D eigenvalue weighted by Crippen LogP contribution is 2.35. The van der Waals surface area contributed by atoms with Crippen molar-refractivity contribution in [3.05, 3.63) is 102 Å². The van der Waals surface area contributed by atoms with Crippen molar-refractivity contribution in [1.82, 2.24) is 14.8 Å². The van der Waals surface area contributed by atoms with Gasteiger partial charge in [-0.3, -0.25) is 4.57 Å². The Labute approximate surface area is 205 Å². The number of nitrogens with zero attached hydrogens (tertiary/aromatic N) is 3. The highest BCUT2D eigenvalue weighted by atomic mass is 15.3. The molecule has 0 aliphatic carbocycles. The van der Waals surface area contributed by atoms with Gasteiger partial charge in [0.2, 0.25) is 0 Å². The SMILES string of the molecule is C=C.CCCCc1ccc(-n2c(-c3ccccc3C(C)C)nnc2-c2c(C)cccc2C)cc1. The van der Waals surface area contributed by atoms with Crippen LogP contribution in [0, 0.1) is 13.8 Å². The Balaban J connectivity index is 0.00000158. The Morgan fingerprint density at radius 2 is 1.41 bits per heavy atom. The van der Waals surface area contributed by atoms with E-state index in [1.165, 1.54) is 35.1 Å². The molecule has 176 valence electrons. The molecule has 1 aromatic heterocycles. The molecule has 0 atom stereocenters. The van der Waals surface area contributed by atoms with Crippen molar-refractivity contribution in [2.45, 2.75) is 59.8 Å². The average Bonchev–Trinajstić information content (AvgIpc) is 3.28. The zero-order valence-corrected chi connectivity index (χ0v) is 21.3. The molecule has 4 rings (SSSR count). The van der Waals surface area contributed by atoms with E-state index in [1.807, 2.05) is 0 Å². The molecule has 0 aliphatic rings. The normalized spacial score (nSPS) is 10.8. The van der Waals surface area contributed by atoms with Gasteiger partial charge in [-0.15, -0.1) is 23.4 Å². The van der Waals surface area contributed by atoms with E-state index in [0.717, 1.165) is 34.9 Å². The average molecular weight is 452 g/mol. The largest absolute Gasteiger partial charge is 0.275 e. The van der Waals surface area contributed by atoms with Gasteiger partial charge in [0.1, 0.15) is 0 Å². The number of benzene rings is 3. The Bertz CT molecular complexity index is 1200. The van der Waals surface area contributed by atoms with E-state index in [4.69, 9.17) is 10.2 Å². The van der Waals surface area contributed by atoms with E-state index >= 15 is 0 Å². The van der Waals surface area contributed by atoms with Gasteiger partial charge >= 0.3 is 0 Å². The fourth-order valence-corrected chi connectivity index (χ4v) is 4.43. The molecule has 0 saturated carbocycles. The molecular weight excluding hydrogens is 414 g/mol. The lowest BCUT2D eigenvalue weighted by Gasteiger charge is -2.17. The third-order valence-electron chi connectivity index (χ3n) is 6.21. The summed E-state index contributed by atoms with van der Waals surface area (Å²) >= 11 is 0. The van der Waals surface area contributed by atoms with E-state index in [1.54, 1.807) is 0 Å². The van der Waals surface area contributed by atoms with Crippen molar-refractivity contribution in [2.75, 3.05) is 0 Å². The Morgan fingerprint density at radius 1 is 0.794 bits per heavy atom. The Hall–Kier alpha value is -3.46. The molecule has 0 radical (unpaired) electrons. The predicted molar refractivity (Wildman–Crippen MR) is 146 cm³/mol. The molecule has 0 bridgehead atoms. The van der Waals surface area contributed by atoms with Crippen LogP contribution in [0.2, 0.25) is 0 Å². The summed E-state index contributed by atoms with van der Waals surface area (Å²) in [6, 6.07) is 23.9. The minimum absolute atomic E-state index is 0.399. The summed E-state index contributed by atoms with van der Waals surface area (Å²) in [5, 5.41) is 9.50. The standard InChI is InChI=1S/C29H33N3.C2H4/c1-6-7-13-23-16-18-24(19-17-23)32-28(26-15-9-8-14-25(26)20(2)3)30-31-29(32)27-21(4)11-10-12-22(27)5;1-2/h8-12,14-20H,6-7,13H2,1-5H3;1-2H2. The van der Waals surface area contributed by atoms with Crippen molar-refractivity contribution < 1.29 is 0 Å². The second-order valence-corrected chi connectivity index (χ2v) is 8.96. The van der Waals surface area contributed by atoms with Crippen LogP contribution < -0.4 is 0 Å².